The zero-order chi connectivity index (χ0) is 30.4. The second kappa shape index (κ2) is 11.5. The zero-order valence-corrected chi connectivity index (χ0v) is 23.8. The number of nitrogens with one attached hydrogen (secondary N) is 1. The largest absolute Gasteiger partial charge is 0.478 e. The summed E-state index contributed by atoms with van der Waals surface area (Å²) >= 11 is 0. The molecule has 0 spiro atoms. The van der Waals surface area contributed by atoms with Crippen molar-refractivity contribution in [3.63, 3.8) is 0 Å². The van der Waals surface area contributed by atoms with Gasteiger partial charge in [0.2, 0.25) is 0 Å². The Hall–Kier alpha value is -4.57. The molecule has 226 valence electrons. The topological polar surface area (TPSA) is 105 Å². The van der Waals surface area contributed by atoms with Gasteiger partial charge in [-0.1, -0.05) is 41.6 Å². The van der Waals surface area contributed by atoms with Crippen LogP contribution in [0, 0.1) is 11.6 Å². The fraction of sp³-hybridized carbons (Fsp3) is 0.324. The highest BCUT2D eigenvalue weighted by molar-refractivity contribution is 5.98. The molecule has 2 bridgehead atoms. The number of nitrogens with zero attached hydrogens (tertiary/aromatic N) is 2. The normalized spacial score (nSPS) is 21.0. The SMILES string of the molecule is O=C(O)c1ccc(NC(=O)N2C3CCC2CC(OCc2c(-c4c(F)cccc4F)noc2C2CC2)C3)cc1-c1ccccc1. The number of carbonyl (C=O) groups is 2. The van der Waals surface area contributed by atoms with Crippen LogP contribution in [0.15, 0.2) is 71.3 Å². The standard InChI is InChI=1S/C34H31F2N3O5/c35-28-7-4-8-29(36)30(28)31-27(32(44-38-31)20-9-10-20)18-43-24-16-22-12-13-23(17-24)39(22)34(42)37-21-11-14-25(33(40)41)26(15-21)19-5-2-1-3-6-19/h1-8,11,14-15,20,22-24H,9-10,12-13,16-18H2,(H,37,42)(H,40,41). The van der Waals surface area contributed by atoms with Crippen molar-refractivity contribution in [1.29, 1.82) is 0 Å². The van der Waals surface area contributed by atoms with Gasteiger partial charge in [0.15, 0.2) is 0 Å². The first-order valence-electron chi connectivity index (χ1n) is 14.9. The van der Waals surface area contributed by atoms with Crippen molar-refractivity contribution in [3.8, 4) is 22.4 Å². The van der Waals surface area contributed by atoms with Gasteiger partial charge in [-0.15, -0.1) is 0 Å². The number of anilines is 1. The van der Waals surface area contributed by atoms with Crippen molar-refractivity contribution >= 4 is 17.7 Å². The molecule has 44 heavy (non-hydrogen) atoms. The molecule has 1 aromatic heterocycles. The van der Waals surface area contributed by atoms with E-state index in [4.69, 9.17) is 9.26 Å². The summed E-state index contributed by atoms with van der Waals surface area (Å²) in [7, 11) is 0. The molecular formula is C34H31F2N3O5. The number of piperidine rings is 1. The van der Waals surface area contributed by atoms with E-state index in [-0.39, 0.29) is 53.6 Å². The van der Waals surface area contributed by atoms with E-state index in [2.05, 4.69) is 10.5 Å². The third-order valence-electron chi connectivity index (χ3n) is 8.94. The number of hydrogen-bond acceptors (Lipinski definition) is 5. The molecule has 1 aliphatic carbocycles. The first-order valence-corrected chi connectivity index (χ1v) is 14.9. The van der Waals surface area contributed by atoms with Crippen LogP contribution in [0.5, 0.6) is 0 Å². The number of rotatable bonds is 8. The highest BCUT2D eigenvalue weighted by atomic mass is 19.1. The number of amides is 2. The maximum absolute atomic E-state index is 14.7. The molecule has 8 nitrogen and oxygen atoms in total. The Bertz CT molecular complexity index is 1690. The van der Waals surface area contributed by atoms with E-state index in [0.29, 0.717) is 35.4 Å². The molecular weight excluding hydrogens is 568 g/mol. The first-order chi connectivity index (χ1) is 21.4. The summed E-state index contributed by atoms with van der Waals surface area (Å²) < 4.78 is 41.2. The smallest absolute Gasteiger partial charge is 0.336 e. The summed E-state index contributed by atoms with van der Waals surface area (Å²) in [6.45, 7) is 0.118. The van der Waals surface area contributed by atoms with E-state index in [9.17, 15) is 23.5 Å². The lowest BCUT2D eigenvalue weighted by Gasteiger charge is -2.38. The van der Waals surface area contributed by atoms with Crippen LogP contribution in [0.4, 0.5) is 19.3 Å². The van der Waals surface area contributed by atoms with Crippen LogP contribution in [-0.4, -0.2) is 45.4 Å². The van der Waals surface area contributed by atoms with E-state index < -0.39 is 17.6 Å². The molecule has 2 aliphatic heterocycles. The Labute approximate surface area is 252 Å². The number of urea groups is 1. The van der Waals surface area contributed by atoms with Crippen LogP contribution in [-0.2, 0) is 11.3 Å². The zero-order valence-electron chi connectivity index (χ0n) is 23.8. The Morgan fingerprint density at radius 3 is 2.32 bits per heavy atom. The minimum Gasteiger partial charge on any atom is -0.478 e. The molecule has 3 fully saturated rings. The second-order valence-corrected chi connectivity index (χ2v) is 11.8. The summed E-state index contributed by atoms with van der Waals surface area (Å²) in [6, 6.07) is 17.5. The predicted molar refractivity (Wildman–Crippen MR) is 158 cm³/mol. The Morgan fingerprint density at radius 1 is 0.955 bits per heavy atom. The van der Waals surface area contributed by atoms with E-state index in [1.165, 1.54) is 24.3 Å². The number of fused-ring (bicyclic) bond motifs is 2. The highest BCUT2D eigenvalue weighted by Crippen LogP contribution is 2.45. The molecule has 4 aromatic rings. The molecule has 2 amide bonds. The maximum Gasteiger partial charge on any atom is 0.336 e. The van der Waals surface area contributed by atoms with Crippen LogP contribution < -0.4 is 5.32 Å². The van der Waals surface area contributed by atoms with Gasteiger partial charge in [-0.2, -0.15) is 0 Å². The number of carbonyl (C=O) groups excluding carboxylic acids is 1. The van der Waals surface area contributed by atoms with Gasteiger partial charge in [0, 0.05) is 29.3 Å². The van der Waals surface area contributed by atoms with E-state index in [0.717, 1.165) is 31.2 Å². The molecule has 2 N–H and O–H groups in total. The summed E-state index contributed by atoms with van der Waals surface area (Å²) in [5.74, 6) is -1.63. The van der Waals surface area contributed by atoms with Gasteiger partial charge in [-0.3, -0.25) is 0 Å². The lowest BCUT2D eigenvalue weighted by Crippen LogP contribution is -2.50. The minimum atomic E-state index is -1.04. The fourth-order valence-electron chi connectivity index (χ4n) is 6.70. The van der Waals surface area contributed by atoms with E-state index in [1.807, 2.05) is 35.2 Å². The van der Waals surface area contributed by atoms with Crippen LogP contribution >= 0.6 is 0 Å². The summed E-state index contributed by atoms with van der Waals surface area (Å²) in [6.07, 6.45) is 4.68. The van der Waals surface area contributed by atoms with Gasteiger partial charge in [-0.05, 0) is 80.0 Å². The van der Waals surface area contributed by atoms with Gasteiger partial charge in [-0.25, -0.2) is 18.4 Å². The van der Waals surface area contributed by atoms with Gasteiger partial charge >= 0.3 is 12.0 Å². The molecule has 1 saturated carbocycles. The lowest BCUT2D eigenvalue weighted by molar-refractivity contribution is -0.0158. The Balaban J connectivity index is 1.05. The van der Waals surface area contributed by atoms with Crippen molar-refractivity contribution in [2.45, 2.75) is 69.2 Å². The summed E-state index contributed by atoms with van der Waals surface area (Å²) in [5, 5.41) is 16.7. The molecule has 3 heterocycles. The van der Waals surface area contributed by atoms with Crippen molar-refractivity contribution in [2.24, 2.45) is 0 Å². The first kappa shape index (κ1) is 28.2. The van der Waals surface area contributed by atoms with Gasteiger partial charge in [0.05, 0.1) is 23.8 Å². The fourth-order valence-corrected chi connectivity index (χ4v) is 6.70. The number of aromatic carboxylic acids is 1. The second-order valence-electron chi connectivity index (χ2n) is 11.8. The summed E-state index contributed by atoms with van der Waals surface area (Å²) in [5.41, 5.74) is 2.47. The van der Waals surface area contributed by atoms with Gasteiger partial charge in [0.1, 0.15) is 23.1 Å². The number of hydrogen-bond donors (Lipinski definition) is 2. The molecule has 0 radical (unpaired) electrons. The molecule has 3 aliphatic rings. The molecule has 10 heteroatoms. The monoisotopic (exact) mass is 599 g/mol. The van der Waals surface area contributed by atoms with Crippen molar-refractivity contribution < 1.29 is 32.7 Å². The van der Waals surface area contributed by atoms with E-state index in [1.54, 1.807) is 12.1 Å². The molecule has 2 saturated heterocycles. The van der Waals surface area contributed by atoms with Crippen LogP contribution in [0.3, 0.4) is 0 Å². The third kappa shape index (κ3) is 5.34. The maximum atomic E-state index is 14.7. The van der Waals surface area contributed by atoms with Crippen molar-refractivity contribution in [3.05, 3.63) is 95.3 Å². The molecule has 2 atom stereocenters. The molecule has 3 aromatic carbocycles. The van der Waals surface area contributed by atoms with E-state index >= 15 is 0 Å². The summed E-state index contributed by atoms with van der Waals surface area (Å²) in [4.78, 5) is 27.2. The molecule has 2 unspecified atom stereocenters. The Morgan fingerprint density at radius 2 is 1.66 bits per heavy atom. The number of carboxylic acids is 1. The highest BCUT2D eigenvalue weighted by Gasteiger charge is 2.44. The number of carboxylic acid groups (broad SMARTS) is 1. The van der Waals surface area contributed by atoms with Gasteiger partial charge in [0.25, 0.3) is 0 Å². The van der Waals surface area contributed by atoms with Crippen LogP contribution in [0.2, 0.25) is 0 Å². The average molecular weight is 600 g/mol. The van der Waals surface area contributed by atoms with Crippen molar-refractivity contribution in [2.75, 3.05) is 5.32 Å². The number of benzene rings is 3. The minimum absolute atomic E-state index is 0.0282. The van der Waals surface area contributed by atoms with Crippen LogP contribution in [0.1, 0.15) is 66.1 Å². The lowest BCUT2D eigenvalue weighted by atomic mass is 9.98. The van der Waals surface area contributed by atoms with Gasteiger partial charge < -0.3 is 24.6 Å². The third-order valence-corrected chi connectivity index (χ3v) is 8.94. The number of ether oxygens (including phenoxy) is 1. The van der Waals surface area contributed by atoms with Crippen LogP contribution in [0.25, 0.3) is 22.4 Å². The Kier molecular flexibility index (Phi) is 7.37. The molecule has 7 rings (SSSR count). The quantitative estimate of drug-likeness (QED) is 0.216. The van der Waals surface area contributed by atoms with Crippen molar-refractivity contribution in [1.82, 2.24) is 10.1 Å². The average Bonchev–Trinajstić information content (AvgIpc) is 3.72. The number of halogens is 2. The predicted octanol–water partition coefficient (Wildman–Crippen LogP) is 7.61. The number of aromatic nitrogens is 1.